The number of amides is 3. The number of carboxylic acid groups (broad SMARTS) is 1. The molecule has 4 N–H and O–H groups in total. The van der Waals surface area contributed by atoms with Crippen molar-refractivity contribution in [3.05, 3.63) is 108 Å². The van der Waals surface area contributed by atoms with Gasteiger partial charge in [0.05, 0.1) is 11.8 Å². The van der Waals surface area contributed by atoms with Crippen molar-refractivity contribution in [1.82, 2.24) is 10.2 Å². The summed E-state index contributed by atoms with van der Waals surface area (Å²) in [6, 6.07) is 24.2. The number of ketones is 1. The molecule has 0 unspecified atom stereocenters. The van der Waals surface area contributed by atoms with Crippen molar-refractivity contribution in [2.45, 2.75) is 37.8 Å². The summed E-state index contributed by atoms with van der Waals surface area (Å²) < 4.78 is 10.6. The third-order valence-corrected chi connectivity index (χ3v) is 6.70. The molecule has 3 rings (SSSR count). The van der Waals surface area contributed by atoms with Crippen molar-refractivity contribution in [3.63, 3.8) is 0 Å². The van der Waals surface area contributed by atoms with E-state index >= 15 is 0 Å². The van der Waals surface area contributed by atoms with E-state index in [2.05, 4.69) is 21.2 Å². The summed E-state index contributed by atoms with van der Waals surface area (Å²) >= 11 is 2.95. The number of hydrogen-bond donors (Lipinski definition) is 3. The smallest absolute Gasteiger partial charge is 0.419 e. The van der Waals surface area contributed by atoms with E-state index in [1.54, 1.807) is 91.0 Å². The molecule has 0 aromatic heterocycles. The zero-order valence-corrected chi connectivity index (χ0v) is 24.1. The molecule has 0 radical (unpaired) electrons. The first-order chi connectivity index (χ1) is 20.1. The Balaban J connectivity index is 1.95. The van der Waals surface area contributed by atoms with Crippen LogP contribution in [0.4, 0.5) is 9.59 Å². The van der Waals surface area contributed by atoms with E-state index in [1.165, 1.54) is 0 Å². The number of nitrogens with one attached hydrogen (secondary N) is 1. The van der Waals surface area contributed by atoms with Crippen LogP contribution in [0, 0.1) is 0 Å². The largest absolute Gasteiger partial charge is 0.478 e. The normalized spacial score (nSPS) is 12.7. The quantitative estimate of drug-likeness (QED) is 0.186. The fraction of sp³-hybridized carbons (Fsp3) is 0.233. The summed E-state index contributed by atoms with van der Waals surface area (Å²) in [5.74, 6) is -3.73. The van der Waals surface area contributed by atoms with Crippen LogP contribution < -0.4 is 11.1 Å². The predicted molar refractivity (Wildman–Crippen MR) is 155 cm³/mol. The lowest BCUT2D eigenvalue weighted by Crippen LogP contribution is -2.69. The maximum atomic E-state index is 14.0. The van der Waals surface area contributed by atoms with Crippen LogP contribution in [-0.4, -0.2) is 56.9 Å². The predicted octanol–water partition coefficient (Wildman–Crippen LogP) is 3.78. The zero-order chi connectivity index (χ0) is 30.5. The monoisotopic (exact) mass is 639 g/mol. The van der Waals surface area contributed by atoms with Crippen molar-refractivity contribution < 1.29 is 38.6 Å². The molecule has 0 aliphatic rings. The second kappa shape index (κ2) is 15.5. The molecule has 0 saturated heterocycles. The van der Waals surface area contributed by atoms with Crippen molar-refractivity contribution in [1.29, 1.82) is 0 Å². The van der Waals surface area contributed by atoms with Crippen molar-refractivity contribution >= 4 is 45.8 Å². The summed E-state index contributed by atoms with van der Waals surface area (Å²) in [6.45, 7) is -0.432. The molecule has 0 fully saturated rings. The third-order valence-electron chi connectivity index (χ3n) is 6.08. The van der Waals surface area contributed by atoms with Gasteiger partial charge in [0.1, 0.15) is 25.0 Å². The van der Waals surface area contributed by atoms with Gasteiger partial charge in [0, 0.05) is 6.42 Å². The second-order valence-electron chi connectivity index (χ2n) is 9.24. The molecule has 11 nitrogen and oxygen atoms in total. The third kappa shape index (κ3) is 8.98. The summed E-state index contributed by atoms with van der Waals surface area (Å²) in [4.78, 5) is 65.2. The summed E-state index contributed by atoms with van der Waals surface area (Å²) in [6.07, 6.45) is -3.49. The Morgan fingerprint density at radius 2 is 1.29 bits per heavy atom. The standard InChI is InChI=1S/C30H30BrN3O8/c31-18-24(35)17-30(32,27(37)38)34(29(40)42-20-23-14-8-3-9-15-23)26(36)25(16-21-10-4-1-5-11-21)33-28(39)41-19-22-12-6-2-7-13-22/h1-15,25H,16-20,32H2,(H,33,39)(H,37,38)/t25-,30-/m0/s1. The zero-order valence-electron chi connectivity index (χ0n) is 22.5. The molecular formula is C30H30BrN3O8. The number of rotatable bonds is 13. The Bertz CT molecular complexity index is 1380. The van der Waals surface area contributed by atoms with Crippen LogP contribution in [0.2, 0.25) is 0 Å². The van der Waals surface area contributed by atoms with Crippen molar-refractivity contribution in [2.75, 3.05) is 5.33 Å². The number of hydrogen-bond acceptors (Lipinski definition) is 8. The number of carbonyl (C=O) groups is 5. The number of imide groups is 1. The van der Waals surface area contributed by atoms with Gasteiger partial charge in [-0.15, -0.1) is 0 Å². The molecule has 220 valence electrons. The molecular weight excluding hydrogens is 610 g/mol. The highest BCUT2D eigenvalue weighted by Crippen LogP contribution is 2.21. The molecule has 3 amide bonds. The number of alkyl carbamates (subject to hydrolysis) is 1. The Labute approximate surface area is 250 Å². The van der Waals surface area contributed by atoms with E-state index in [9.17, 15) is 29.1 Å². The summed E-state index contributed by atoms with van der Waals surface area (Å²) in [5.41, 5.74) is 5.13. The number of halogens is 1. The van der Waals surface area contributed by atoms with Crippen LogP contribution in [0.3, 0.4) is 0 Å². The van der Waals surface area contributed by atoms with Crippen molar-refractivity contribution in [3.8, 4) is 0 Å². The number of ether oxygens (including phenoxy) is 2. The second-order valence-corrected chi connectivity index (χ2v) is 9.80. The van der Waals surface area contributed by atoms with E-state index in [1.807, 2.05) is 0 Å². The maximum absolute atomic E-state index is 14.0. The summed E-state index contributed by atoms with van der Waals surface area (Å²) in [7, 11) is 0. The first kappa shape index (κ1) is 32.0. The van der Waals surface area contributed by atoms with Gasteiger partial charge in [-0.05, 0) is 16.7 Å². The molecule has 0 aliphatic carbocycles. The van der Waals surface area contributed by atoms with Gasteiger partial charge in [-0.3, -0.25) is 15.3 Å². The van der Waals surface area contributed by atoms with Gasteiger partial charge in [0.15, 0.2) is 0 Å². The molecule has 0 aliphatic heterocycles. The van der Waals surface area contributed by atoms with Crippen LogP contribution in [0.25, 0.3) is 0 Å². The molecule has 12 heteroatoms. The number of aliphatic carboxylic acids is 1. The molecule has 0 saturated carbocycles. The van der Waals surface area contributed by atoms with E-state index in [0.29, 0.717) is 16.7 Å². The lowest BCUT2D eigenvalue weighted by atomic mass is 9.99. The van der Waals surface area contributed by atoms with Crippen molar-refractivity contribution in [2.24, 2.45) is 5.73 Å². The maximum Gasteiger partial charge on any atom is 0.419 e. The van der Waals surface area contributed by atoms with Gasteiger partial charge in [0.2, 0.25) is 5.66 Å². The van der Waals surface area contributed by atoms with Crippen LogP contribution in [-0.2, 0) is 43.5 Å². The molecule has 3 aromatic rings. The number of nitrogens with zero attached hydrogens (tertiary/aromatic N) is 1. The van der Waals surface area contributed by atoms with E-state index < -0.39 is 48.0 Å². The van der Waals surface area contributed by atoms with Gasteiger partial charge in [0.25, 0.3) is 5.91 Å². The van der Waals surface area contributed by atoms with E-state index in [0.717, 1.165) is 0 Å². The molecule has 2 atom stereocenters. The number of carboxylic acids is 1. The molecule has 0 heterocycles. The van der Waals surface area contributed by atoms with Crippen LogP contribution in [0.5, 0.6) is 0 Å². The van der Waals surface area contributed by atoms with E-state index in [4.69, 9.17) is 15.2 Å². The first-order valence-electron chi connectivity index (χ1n) is 12.8. The molecule has 0 bridgehead atoms. The number of carbonyl (C=O) groups excluding carboxylic acids is 4. The van der Waals surface area contributed by atoms with E-state index in [-0.39, 0.29) is 29.9 Å². The topological polar surface area (TPSA) is 165 Å². The van der Waals surface area contributed by atoms with Crippen LogP contribution >= 0.6 is 15.9 Å². The lowest BCUT2D eigenvalue weighted by molar-refractivity contribution is -0.159. The Hall–Kier alpha value is -4.55. The van der Waals surface area contributed by atoms with Crippen LogP contribution in [0.1, 0.15) is 23.1 Å². The Morgan fingerprint density at radius 1 is 0.810 bits per heavy atom. The van der Waals surface area contributed by atoms with Gasteiger partial charge >= 0.3 is 18.2 Å². The highest BCUT2D eigenvalue weighted by Gasteiger charge is 2.51. The molecule has 3 aromatic carbocycles. The van der Waals surface area contributed by atoms with Gasteiger partial charge in [-0.25, -0.2) is 19.3 Å². The minimum absolute atomic E-state index is 0.114. The highest BCUT2D eigenvalue weighted by atomic mass is 79.9. The molecule has 42 heavy (non-hydrogen) atoms. The number of Topliss-reactive ketones (excluding diaryl/α,β-unsaturated/α-hetero) is 1. The van der Waals surface area contributed by atoms with Crippen LogP contribution in [0.15, 0.2) is 91.0 Å². The Kier molecular flexibility index (Phi) is 11.8. The SMILES string of the molecule is N[C@](CC(=O)CBr)(C(=O)O)N(C(=O)OCc1ccccc1)C(=O)[C@H](Cc1ccccc1)NC(=O)OCc1ccccc1. The van der Waals surface area contributed by atoms with Gasteiger partial charge in [-0.1, -0.05) is 107 Å². The first-order valence-corrected chi connectivity index (χ1v) is 13.9. The Morgan fingerprint density at radius 3 is 1.76 bits per heavy atom. The minimum Gasteiger partial charge on any atom is -0.478 e. The lowest BCUT2D eigenvalue weighted by Gasteiger charge is -2.36. The number of nitrogens with two attached hydrogens (primary N) is 1. The highest BCUT2D eigenvalue weighted by molar-refractivity contribution is 9.09. The molecule has 0 spiro atoms. The number of alkyl halides is 1. The summed E-state index contributed by atoms with van der Waals surface area (Å²) in [5, 5.41) is 12.2. The average Bonchev–Trinajstić information content (AvgIpc) is 3.00. The van der Waals surface area contributed by atoms with Gasteiger partial charge < -0.3 is 19.9 Å². The fourth-order valence-electron chi connectivity index (χ4n) is 3.94. The number of benzene rings is 3. The van der Waals surface area contributed by atoms with Gasteiger partial charge in [-0.2, -0.15) is 0 Å². The fourth-order valence-corrected chi connectivity index (χ4v) is 4.14. The average molecular weight is 640 g/mol. The minimum atomic E-state index is -2.83.